The summed E-state index contributed by atoms with van der Waals surface area (Å²) in [5, 5.41) is 3.12. The summed E-state index contributed by atoms with van der Waals surface area (Å²) in [6.45, 7) is 3.73. The third-order valence-corrected chi connectivity index (χ3v) is 7.13. The van der Waals surface area contributed by atoms with Crippen LogP contribution in [0.5, 0.6) is 0 Å². The van der Waals surface area contributed by atoms with Gasteiger partial charge in [0.15, 0.2) is 0 Å². The number of piperidine rings is 1. The molecule has 4 rings (SSSR count). The number of carbonyl (C=O) groups is 1. The standard InChI is InChI=1S/C19H21N3OS2/c1-13-11-24-19(21-13)25-12-14-6-8-22(9-7-14)18(23)16-10-20-17-5-3-2-4-15(16)17/h2-5,10-11,14,20H,6-9,12H2,1H3. The molecule has 1 N–H and O–H groups in total. The van der Waals surface area contributed by atoms with Gasteiger partial charge in [0.1, 0.15) is 4.34 Å². The highest BCUT2D eigenvalue weighted by Gasteiger charge is 2.25. The molecule has 1 aliphatic rings. The summed E-state index contributed by atoms with van der Waals surface area (Å²) in [7, 11) is 0. The molecule has 0 unspecified atom stereocenters. The average Bonchev–Trinajstić information content (AvgIpc) is 3.26. The molecule has 3 aromatic rings. The van der Waals surface area contributed by atoms with Gasteiger partial charge in [-0.3, -0.25) is 4.79 Å². The van der Waals surface area contributed by atoms with Gasteiger partial charge in [-0.2, -0.15) is 0 Å². The molecule has 1 saturated heterocycles. The van der Waals surface area contributed by atoms with Gasteiger partial charge in [-0.1, -0.05) is 30.0 Å². The monoisotopic (exact) mass is 371 g/mol. The van der Waals surface area contributed by atoms with Crippen LogP contribution < -0.4 is 0 Å². The van der Waals surface area contributed by atoms with Gasteiger partial charge in [-0.05, 0) is 31.7 Å². The number of aromatic amines is 1. The van der Waals surface area contributed by atoms with Gasteiger partial charge in [-0.25, -0.2) is 4.98 Å². The van der Waals surface area contributed by atoms with Gasteiger partial charge in [0.25, 0.3) is 5.91 Å². The predicted molar refractivity (Wildman–Crippen MR) is 105 cm³/mol. The maximum atomic E-state index is 12.9. The second kappa shape index (κ2) is 7.22. The Morgan fingerprint density at radius 2 is 2.16 bits per heavy atom. The number of carbonyl (C=O) groups excluding carboxylic acids is 1. The van der Waals surface area contributed by atoms with Crippen molar-refractivity contribution in [3.8, 4) is 0 Å². The molecule has 130 valence electrons. The van der Waals surface area contributed by atoms with E-state index in [4.69, 9.17) is 0 Å². The van der Waals surface area contributed by atoms with Crippen LogP contribution in [0.4, 0.5) is 0 Å². The van der Waals surface area contributed by atoms with Crippen molar-refractivity contribution in [3.63, 3.8) is 0 Å². The SMILES string of the molecule is Cc1csc(SCC2CCN(C(=O)c3c[nH]c4ccccc34)CC2)n1. The van der Waals surface area contributed by atoms with Crippen molar-refractivity contribution in [3.05, 3.63) is 47.1 Å². The Kier molecular flexibility index (Phi) is 4.81. The molecule has 3 heterocycles. The zero-order valence-corrected chi connectivity index (χ0v) is 15.8. The number of hydrogen-bond acceptors (Lipinski definition) is 4. The number of fused-ring (bicyclic) bond motifs is 1. The minimum atomic E-state index is 0.152. The maximum absolute atomic E-state index is 12.9. The fourth-order valence-corrected chi connectivity index (χ4v) is 5.37. The van der Waals surface area contributed by atoms with Crippen molar-refractivity contribution >= 4 is 39.9 Å². The highest BCUT2D eigenvalue weighted by Crippen LogP contribution is 2.29. The number of rotatable bonds is 4. The highest BCUT2D eigenvalue weighted by atomic mass is 32.2. The summed E-state index contributed by atoms with van der Waals surface area (Å²) in [5.74, 6) is 1.92. The summed E-state index contributed by atoms with van der Waals surface area (Å²) < 4.78 is 1.16. The maximum Gasteiger partial charge on any atom is 0.256 e. The first-order valence-electron chi connectivity index (χ1n) is 8.61. The molecule has 0 saturated carbocycles. The Bertz CT molecular complexity index is 878. The minimum Gasteiger partial charge on any atom is -0.360 e. The Morgan fingerprint density at radius 3 is 2.92 bits per heavy atom. The van der Waals surface area contributed by atoms with Gasteiger partial charge < -0.3 is 9.88 Å². The van der Waals surface area contributed by atoms with E-state index in [1.165, 1.54) is 0 Å². The smallest absolute Gasteiger partial charge is 0.256 e. The molecule has 1 fully saturated rings. The molecule has 0 atom stereocenters. The van der Waals surface area contributed by atoms with Crippen LogP contribution in [0.15, 0.2) is 40.2 Å². The molecule has 0 bridgehead atoms. The Morgan fingerprint density at radius 1 is 1.36 bits per heavy atom. The number of thioether (sulfide) groups is 1. The second-order valence-electron chi connectivity index (χ2n) is 6.55. The summed E-state index contributed by atoms with van der Waals surface area (Å²) in [6.07, 6.45) is 4.00. The summed E-state index contributed by atoms with van der Waals surface area (Å²) >= 11 is 3.58. The van der Waals surface area contributed by atoms with Crippen LogP contribution in [-0.4, -0.2) is 39.6 Å². The lowest BCUT2D eigenvalue weighted by atomic mass is 9.98. The van der Waals surface area contributed by atoms with E-state index in [-0.39, 0.29) is 5.91 Å². The number of thiazole rings is 1. The molecule has 1 amide bonds. The third kappa shape index (κ3) is 3.60. The third-order valence-electron chi connectivity index (χ3n) is 4.76. The molecule has 1 aromatic carbocycles. The molecule has 0 radical (unpaired) electrons. The summed E-state index contributed by atoms with van der Waals surface area (Å²) in [6, 6.07) is 7.99. The van der Waals surface area contributed by atoms with Crippen molar-refractivity contribution in [2.24, 2.45) is 5.92 Å². The lowest BCUT2D eigenvalue weighted by Crippen LogP contribution is -2.38. The molecular formula is C19H21N3OS2. The van der Waals surface area contributed by atoms with Crippen LogP contribution >= 0.6 is 23.1 Å². The fourth-order valence-electron chi connectivity index (χ4n) is 3.31. The van der Waals surface area contributed by atoms with E-state index in [0.717, 1.165) is 58.2 Å². The first-order chi connectivity index (χ1) is 12.2. The molecule has 6 heteroatoms. The van der Waals surface area contributed by atoms with Crippen molar-refractivity contribution in [2.75, 3.05) is 18.8 Å². The van der Waals surface area contributed by atoms with Gasteiger partial charge in [0, 0.05) is 47.0 Å². The Labute approximate surface area is 155 Å². The van der Waals surface area contributed by atoms with E-state index < -0.39 is 0 Å². The number of nitrogens with zero attached hydrogens (tertiary/aromatic N) is 2. The molecule has 2 aromatic heterocycles. The molecule has 1 aliphatic heterocycles. The molecule has 25 heavy (non-hydrogen) atoms. The van der Waals surface area contributed by atoms with Crippen molar-refractivity contribution in [1.29, 1.82) is 0 Å². The number of likely N-dealkylation sites (tertiary alicyclic amines) is 1. The molecule has 4 nitrogen and oxygen atoms in total. The van der Waals surface area contributed by atoms with Crippen molar-refractivity contribution in [2.45, 2.75) is 24.1 Å². The number of para-hydroxylation sites is 1. The predicted octanol–water partition coefficient (Wildman–Crippen LogP) is 4.58. The summed E-state index contributed by atoms with van der Waals surface area (Å²) in [5.41, 5.74) is 2.92. The topological polar surface area (TPSA) is 49.0 Å². The van der Waals surface area contributed by atoms with E-state index >= 15 is 0 Å². The van der Waals surface area contributed by atoms with Gasteiger partial charge in [-0.15, -0.1) is 11.3 Å². The van der Waals surface area contributed by atoms with Gasteiger partial charge >= 0.3 is 0 Å². The lowest BCUT2D eigenvalue weighted by molar-refractivity contribution is 0.0700. The van der Waals surface area contributed by atoms with Crippen LogP contribution in [0.2, 0.25) is 0 Å². The quantitative estimate of drug-likeness (QED) is 0.683. The van der Waals surface area contributed by atoms with E-state index in [1.807, 2.05) is 54.0 Å². The van der Waals surface area contributed by atoms with Crippen LogP contribution in [-0.2, 0) is 0 Å². The van der Waals surface area contributed by atoms with Crippen LogP contribution in [0, 0.1) is 12.8 Å². The molecule has 0 spiro atoms. The van der Waals surface area contributed by atoms with Crippen LogP contribution in [0.25, 0.3) is 10.9 Å². The number of hydrogen-bond donors (Lipinski definition) is 1. The summed E-state index contributed by atoms with van der Waals surface area (Å²) in [4.78, 5) is 22.6. The number of benzene rings is 1. The first kappa shape index (κ1) is 16.7. The second-order valence-corrected chi connectivity index (χ2v) is 8.67. The Hall–Kier alpha value is -1.79. The number of amides is 1. The van der Waals surface area contributed by atoms with Crippen molar-refractivity contribution in [1.82, 2.24) is 14.9 Å². The lowest BCUT2D eigenvalue weighted by Gasteiger charge is -2.31. The zero-order chi connectivity index (χ0) is 17.2. The first-order valence-corrected chi connectivity index (χ1v) is 10.5. The fraction of sp³-hybridized carbons (Fsp3) is 0.368. The van der Waals surface area contributed by atoms with E-state index in [1.54, 1.807) is 11.3 Å². The van der Waals surface area contributed by atoms with Gasteiger partial charge in [0.05, 0.1) is 5.56 Å². The number of nitrogens with one attached hydrogen (secondary N) is 1. The largest absolute Gasteiger partial charge is 0.360 e. The minimum absolute atomic E-state index is 0.152. The van der Waals surface area contributed by atoms with E-state index in [0.29, 0.717) is 5.92 Å². The van der Waals surface area contributed by atoms with Crippen molar-refractivity contribution < 1.29 is 4.79 Å². The van der Waals surface area contributed by atoms with E-state index in [9.17, 15) is 4.79 Å². The molecular weight excluding hydrogens is 350 g/mol. The molecule has 0 aliphatic carbocycles. The van der Waals surface area contributed by atoms with Gasteiger partial charge in [0.2, 0.25) is 0 Å². The van der Waals surface area contributed by atoms with Crippen LogP contribution in [0.3, 0.4) is 0 Å². The van der Waals surface area contributed by atoms with Crippen LogP contribution in [0.1, 0.15) is 28.9 Å². The number of aryl methyl sites for hydroxylation is 1. The van der Waals surface area contributed by atoms with E-state index in [2.05, 4.69) is 15.3 Å². The zero-order valence-electron chi connectivity index (χ0n) is 14.2. The Balaban J connectivity index is 1.34. The normalized spacial score (nSPS) is 15.8. The average molecular weight is 372 g/mol. The number of H-pyrrole nitrogens is 1. The number of aromatic nitrogens is 2. The highest BCUT2D eigenvalue weighted by molar-refractivity contribution is 8.01.